The van der Waals surface area contributed by atoms with E-state index in [0.717, 1.165) is 92.0 Å². The Morgan fingerprint density at radius 1 is 0.462 bits per heavy atom. The van der Waals surface area contributed by atoms with Gasteiger partial charge in [-0.25, -0.2) is 4.79 Å². The summed E-state index contributed by atoms with van der Waals surface area (Å²) in [5, 5.41) is 11.8. The predicted octanol–water partition coefficient (Wildman–Crippen LogP) is 21.4. The van der Waals surface area contributed by atoms with Crippen molar-refractivity contribution in [2.45, 2.75) is 253 Å². The maximum Gasteiger partial charge on any atom is 0.407 e. The van der Waals surface area contributed by atoms with E-state index in [2.05, 4.69) is 141 Å². The number of nitrogens with two attached hydrogens (primary N) is 1. The summed E-state index contributed by atoms with van der Waals surface area (Å²) in [6, 6.07) is 54.9. The normalized spacial score (nSPS) is 20.7. The minimum absolute atomic E-state index is 0.0427. The Hall–Kier alpha value is -7.86. The molecular formula is C92H119ClN2O9. The van der Waals surface area contributed by atoms with Crippen molar-refractivity contribution in [3.8, 4) is 11.5 Å². The van der Waals surface area contributed by atoms with Crippen LogP contribution in [0.2, 0.25) is 0 Å². The molecule has 0 unspecified atom stereocenters. The van der Waals surface area contributed by atoms with Crippen LogP contribution in [-0.4, -0.2) is 46.4 Å². The highest BCUT2D eigenvalue weighted by Gasteiger charge is 2.48. The molecule has 12 heteroatoms. The van der Waals surface area contributed by atoms with Crippen molar-refractivity contribution in [3.05, 3.63) is 236 Å². The van der Waals surface area contributed by atoms with Gasteiger partial charge in [0.1, 0.15) is 18.1 Å². The standard InChI is InChI=1S/C37H45NO4.C29H39NO2.C13H17ClO.C13H18O2/c1-25(2)21-27-14-16-29(17-15-27)26(3)35(39)42-32-19-18-30-22-31-13-9-6-10-20-37(4,33(30)23-32)34(31)38-36(40)41-24-28-11-7-5-8-12-28;1-19(2)16-21-9-11-22(12-10-21)20(3)28(31)32-25-14-13-23-17-24-8-6-5-7-15-29(4,27(24)30)26(23)18-25;2*1-9(2)8-11-4-6-12(7-5-11)10(3)13(14)15/h5,7-8,11-12,14-19,23,25-26,31,34H,6,9-10,13,20-22,24H2,1-4H3,(H,38,40);9-14,18-20,24,27H,5-8,15-17,30H2,1-4H3;4-7,9-10H,8H2,1-3H3;4-7,9-10H,8H2,1-3H3,(H,14,15)/t26-,31-,34-,37+;20-,24-,27-,29+;2*10-/m0011/s1. The number of carbonyl (C=O) groups excluding carboxylic acids is 4. The average Bonchev–Trinajstić information content (AvgIpc) is 0.752. The Balaban J connectivity index is 0.000000193. The Bertz CT molecular complexity index is 3830. The number of nitrogens with one attached hydrogen (secondary N) is 1. The van der Waals surface area contributed by atoms with Gasteiger partial charge in [0.15, 0.2) is 0 Å². The molecule has 0 aliphatic heterocycles. The lowest BCUT2D eigenvalue weighted by Crippen LogP contribution is -2.57. The van der Waals surface area contributed by atoms with Crippen LogP contribution < -0.4 is 20.5 Å². The number of aliphatic carboxylic acids is 1. The van der Waals surface area contributed by atoms with E-state index in [1.165, 1.54) is 83.0 Å². The average molecular weight is 1430 g/mol. The lowest BCUT2D eigenvalue weighted by Gasteiger charge is -2.49. The summed E-state index contributed by atoms with van der Waals surface area (Å²) >= 11 is 5.45. The fraction of sp³-hybridized carbons (Fsp3) is 0.489. The Morgan fingerprint density at radius 3 is 1.24 bits per heavy atom. The number of amides is 1. The molecule has 0 radical (unpaired) electrons. The molecular weight excluding hydrogens is 1310 g/mol. The summed E-state index contributed by atoms with van der Waals surface area (Å²) in [7, 11) is 0. The maximum absolute atomic E-state index is 13.2. The number of rotatable bonds is 21. The molecule has 4 aliphatic carbocycles. The number of esters is 2. The van der Waals surface area contributed by atoms with Crippen LogP contribution in [0.4, 0.5) is 4.79 Å². The number of hydrogen-bond acceptors (Lipinski definition) is 9. The minimum atomic E-state index is -0.772. The minimum Gasteiger partial charge on any atom is -0.481 e. The zero-order valence-electron chi connectivity index (χ0n) is 64.7. The maximum atomic E-state index is 13.2. The molecule has 0 heterocycles. The van der Waals surface area contributed by atoms with Crippen molar-refractivity contribution in [2.75, 3.05) is 0 Å². The molecule has 0 saturated heterocycles. The second-order valence-electron chi connectivity index (χ2n) is 32.5. The van der Waals surface area contributed by atoms with E-state index in [0.29, 0.717) is 47.0 Å². The monoisotopic (exact) mass is 1430 g/mol. The topological polar surface area (TPSA) is 171 Å². The highest BCUT2D eigenvalue weighted by Crippen LogP contribution is 2.49. The van der Waals surface area contributed by atoms with Crippen LogP contribution >= 0.6 is 11.6 Å². The zero-order valence-corrected chi connectivity index (χ0v) is 65.5. The number of carbonyl (C=O) groups is 5. The molecule has 104 heavy (non-hydrogen) atoms. The molecule has 11 nitrogen and oxygen atoms in total. The smallest absolute Gasteiger partial charge is 0.407 e. The molecule has 10 atom stereocenters. The second kappa shape index (κ2) is 38.4. The molecule has 0 spiro atoms. The molecule has 7 aromatic rings. The summed E-state index contributed by atoms with van der Waals surface area (Å²) in [5.74, 6) is 2.05. The van der Waals surface area contributed by atoms with E-state index in [4.69, 9.17) is 36.7 Å². The van der Waals surface area contributed by atoms with Crippen molar-refractivity contribution in [3.63, 3.8) is 0 Å². The SMILES string of the molecule is CC(C)Cc1ccc([C@@H](C)C(=O)Cl)cc1.CC(C)Cc1ccc([C@@H](C)C(=O)O)cc1.CC(C)Cc1ccc([C@H](C)C(=O)Oc2ccc3c(c2)[C@@]2(C)CCCCC[C@@H](C3)[C@@H]2N)cc1.CC(C)Cc1ccc([C@H](C)C(=O)Oc2ccc3c(c2)[C@@]2(C)CCCCC[C@@H](C3)[C@@H]2NC(=O)OCc2ccccc2)cc1. The van der Waals surface area contributed by atoms with Crippen molar-refractivity contribution in [1.29, 1.82) is 0 Å². The number of ether oxygens (including phenoxy) is 3. The fourth-order valence-electron chi connectivity index (χ4n) is 15.9. The fourth-order valence-corrected chi connectivity index (χ4v) is 16.1. The van der Waals surface area contributed by atoms with Gasteiger partial charge in [0.25, 0.3) is 0 Å². The van der Waals surface area contributed by atoms with Gasteiger partial charge in [-0.15, -0.1) is 0 Å². The molecule has 7 aromatic carbocycles. The van der Waals surface area contributed by atoms with Gasteiger partial charge in [0, 0.05) is 22.9 Å². The van der Waals surface area contributed by atoms with E-state index in [1.54, 1.807) is 6.92 Å². The first-order chi connectivity index (χ1) is 49.5. The van der Waals surface area contributed by atoms with E-state index in [9.17, 15) is 24.0 Å². The van der Waals surface area contributed by atoms with Crippen molar-refractivity contribution >= 4 is 40.8 Å². The van der Waals surface area contributed by atoms with Gasteiger partial charge in [0.05, 0.1) is 23.7 Å². The van der Waals surface area contributed by atoms with Crippen LogP contribution in [0.25, 0.3) is 0 Å². The number of carboxylic acid groups (broad SMARTS) is 1. The number of hydrogen-bond donors (Lipinski definition) is 3. The third-order valence-corrected chi connectivity index (χ3v) is 22.5. The van der Waals surface area contributed by atoms with Gasteiger partial charge in [-0.3, -0.25) is 19.2 Å². The number of halogens is 1. The molecule has 558 valence electrons. The van der Waals surface area contributed by atoms with Gasteiger partial charge < -0.3 is 30.4 Å². The summed E-state index contributed by atoms with van der Waals surface area (Å²) in [6.07, 6.45) is 17.3. The molecule has 2 saturated carbocycles. The summed E-state index contributed by atoms with van der Waals surface area (Å²) < 4.78 is 17.5. The lowest BCUT2D eigenvalue weighted by molar-refractivity contribution is -0.138. The van der Waals surface area contributed by atoms with Crippen molar-refractivity contribution in [1.82, 2.24) is 5.32 Å². The van der Waals surface area contributed by atoms with Crippen LogP contribution in [0, 0.1) is 35.5 Å². The quantitative estimate of drug-likeness (QED) is 0.0357. The van der Waals surface area contributed by atoms with E-state index in [-0.39, 0.29) is 70.5 Å². The van der Waals surface area contributed by atoms with Crippen LogP contribution in [0.15, 0.2) is 164 Å². The molecule has 4 aliphatic rings. The first-order valence-corrected chi connectivity index (χ1v) is 39.1. The molecule has 4 N–H and O–H groups in total. The Morgan fingerprint density at radius 2 is 0.837 bits per heavy atom. The van der Waals surface area contributed by atoms with Gasteiger partial charge in [-0.2, -0.15) is 0 Å². The van der Waals surface area contributed by atoms with Crippen molar-refractivity contribution < 1.29 is 43.3 Å². The number of carboxylic acids is 1. The van der Waals surface area contributed by atoms with E-state index < -0.39 is 11.9 Å². The third-order valence-electron chi connectivity index (χ3n) is 22.1. The Labute approximate surface area is 627 Å². The highest BCUT2D eigenvalue weighted by atomic mass is 35.5. The summed E-state index contributed by atoms with van der Waals surface area (Å²) in [5.41, 5.74) is 21.6. The first-order valence-electron chi connectivity index (χ1n) is 38.7. The second-order valence-corrected chi connectivity index (χ2v) is 32.9. The Kier molecular flexibility index (Phi) is 30.2. The number of benzene rings is 7. The van der Waals surface area contributed by atoms with Crippen LogP contribution in [0.5, 0.6) is 11.5 Å². The molecule has 4 bridgehead atoms. The first kappa shape index (κ1) is 81.8. The molecule has 1 amide bonds. The predicted molar refractivity (Wildman–Crippen MR) is 423 cm³/mol. The van der Waals surface area contributed by atoms with E-state index in [1.807, 2.05) is 118 Å². The number of fused-ring (bicyclic) bond motifs is 8. The van der Waals surface area contributed by atoms with Crippen molar-refractivity contribution in [2.24, 2.45) is 41.2 Å². The highest BCUT2D eigenvalue weighted by molar-refractivity contribution is 6.64. The van der Waals surface area contributed by atoms with E-state index >= 15 is 0 Å². The van der Waals surface area contributed by atoms with Gasteiger partial charge in [-0.05, 0) is 229 Å². The van der Waals surface area contributed by atoms with Gasteiger partial charge >= 0.3 is 24.0 Å². The zero-order chi connectivity index (χ0) is 75.4. The summed E-state index contributed by atoms with van der Waals surface area (Å²) in [4.78, 5) is 61.0. The molecule has 0 aromatic heterocycles. The van der Waals surface area contributed by atoms with Crippen LogP contribution in [0.1, 0.15) is 257 Å². The molecule has 11 rings (SSSR count). The van der Waals surface area contributed by atoms with Crippen LogP contribution in [0.3, 0.4) is 0 Å². The summed E-state index contributed by atoms with van der Waals surface area (Å²) in [6.45, 7) is 29.8. The van der Waals surface area contributed by atoms with Gasteiger partial charge in [-0.1, -0.05) is 254 Å². The lowest BCUT2D eigenvalue weighted by atomic mass is 9.59. The van der Waals surface area contributed by atoms with Crippen LogP contribution in [-0.2, 0) is 79.9 Å². The molecule has 2 fully saturated rings. The third kappa shape index (κ3) is 22.8. The largest absolute Gasteiger partial charge is 0.481 e. The number of alkyl carbamates (subject to hydrolysis) is 1. The van der Waals surface area contributed by atoms with Gasteiger partial charge in [0.2, 0.25) is 5.24 Å².